The third-order valence-electron chi connectivity index (χ3n) is 5.89. The van der Waals surface area contributed by atoms with E-state index >= 15 is 0 Å². The SMILES string of the molecule is CC(C)[Si]1(C(C)C)OC[C@@H]2O[C@@H]([B]N)C(O)[C@H]2O[Si](C(C)C)(C(C)C)O1. The Hall–Kier alpha value is 0.259. The Balaban J connectivity index is 2.52. The summed E-state index contributed by atoms with van der Waals surface area (Å²) in [6.07, 6.45) is -1.59. The highest BCUT2D eigenvalue weighted by Gasteiger charge is 2.61. The summed E-state index contributed by atoms with van der Waals surface area (Å²) in [4.78, 5) is 0. The normalized spacial score (nSPS) is 34.2. The summed E-state index contributed by atoms with van der Waals surface area (Å²) in [6, 6.07) is -0.535. The lowest BCUT2D eigenvalue weighted by Crippen LogP contribution is -2.65. The van der Waals surface area contributed by atoms with Crippen LogP contribution in [0.4, 0.5) is 0 Å². The van der Waals surface area contributed by atoms with Crippen LogP contribution in [0.3, 0.4) is 0 Å². The van der Waals surface area contributed by atoms with Crippen LogP contribution in [0.5, 0.6) is 0 Å². The van der Waals surface area contributed by atoms with Crippen LogP contribution in [0, 0.1) is 0 Å². The molecular weight excluding hydrogens is 365 g/mol. The van der Waals surface area contributed by atoms with Gasteiger partial charge in [0, 0.05) is 0 Å². The summed E-state index contributed by atoms with van der Waals surface area (Å²) < 4.78 is 26.4. The van der Waals surface area contributed by atoms with Crippen molar-refractivity contribution in [3.05, 3.63) is 0 Å². The second-order valence-electron chi connectivity index (χ2n) is 8.88. The number of hydrogen-bond donors (Lipinski definition) is 2. The fourth-order valence-corrected chi connectivity index (χ4v) is 15.6. The maximum Gasteiger partial charge on any atom is 0.335 e. The molecule has 2 fully saturated rings. The highest BCUT2D eigenvalue weighted by molar-refractivity contribution is 6.84. The second-order valence-corrected chi connectivity index (χ2v) is 17.7. The van der Waals surface area contributed by atoms with Gasteiger partial charge in [-0.2, -0.15) is 0 Å². The Morgan fingerprint density at radius 3 is 1.85 bits per heavy atom. The van der Waals surface area contributed by atoms with E-state index in [2.05, 4.69) is 55.4 Å². The summed E-state index contributed by atoms with van der Waals surface area (Å²) in [5, 5.41) is 10.7. The molecule has 2 aliphatic rings. The van der Waals surface area contributed by atoms with E-state index < -0.39 is 35.3 Å². The van der Waals surface area contributed by atoms with Gasteiger partial charge in [-0.15, -0.1) is 0 Å². The van der Waals surface area contributed by atoms with Gasteiger partial charge >= 0.3 is 17.1 Å². The van der Waals surface area contributed by atoms with Crippen LogP contribution < -0.4 is 5.64 Å². The minimum atomic E-state index is -2.71. The molecule has 3 N–H and O–H groups in total. The molecule has 1 radical (unpaired) electrons. The zero-order chi connectivity index (χ0) is 19.9. The lowest BCUT2D eigenvalue weighted by atomic mass is 9.83. The first-order chi connectivity index (χ1) is 12.0. The van der Waals surface area contributed by atoms with Gasteiger partial charge in [-0.3, -0.25) is 0 Å². The van der Waals surface area contributed by atoms with E-state index in [-0.39, 0.29) is 28.3 Å². The van der Waals surface area contributed by atoms with E-state index in [1.165, 1.54) is 7.41 Å². The van der Waals surface area contributed by atoms with Crippen molar-refractivity contribution in [1.29, 1.82) is 0 Å². The smallest absolute Gasteiger partial charge is 0.335 e. The topological polar surface area (TPSA) is 83.2 Å². The molecule has 2 saturated heterocycles. The average Bonchev–Trinajstić information content (AvgIpc) is 2.81. The van der Waals surface area contributed by atoms with E-state index in [1.807, 2.05) is 0 Å². The zero-order valence-electron chi connectivity index (χ0n) is 17.6. The molecule has 0 spiro atoms. The Bertz CT molecular complexity index is 464. The quantitative estimate of drug-likeness (QED) is 0.688. The van der Waals surface area contributed by atoms with E-state index in [9.17, 15) is 5.11 Å². The fraction of sp³-hybridized carbons (Fsp3) is 1.00. The fourth-order valence-electron chi connectivity index (χ4n) is 4.34. The van der Waals surface area contributed by atoms with Crippen molar-refractivity contribution in [3.63, 3.8) is 0 Å². The van der Waals surface area contributed by atoms with Gasteiger partial charge in [-0.1, -0.05) is 55.4 Å². The molecule has 0 saturated carbocycles. The van der Waals surface area contributed by atoms with Gasteiger partial charge in [0.1, 0.15) is 18.3 Å². The van der Waals surface area contributed by atoms with E-state index in [1.54, 1.807) is 0 Å². The first-order valence-corrected chi connectivity index (χ1v) is 13.9. The minimum Gasteiger partial charge on any atom is -0.414 e. The van der Waals surface area contributed by atoms with Gasteiger partial charge in [0.05, 0.1) is 12.6 Å². The highest BCUT2D eigenvalue weighted by Crippen LogP contribution is 2.47. The predicted molar refractivity (Wildman–Crippen MR) is 108 cm³/mol. The van der Waals surface area contributed by atoms with E-state index in [0.29, 0.717) is 6.61 Å². The van der Waals surface area contributed by atoms with Crippen molar-refractivity contribution in [2.24, 2.45) is 5.64 Å². The molecule has 0 aromatic heterocycles. The van der Waals surface area contributed by atoms with Crippen molar-refractivity contribution in [2.45, 2.75) is 102 Å². The van der Waals surface area contributed by atoms with Crippen LogP contribution >= 0.6 is 0 Å². The standard InChI is InChI=1S/C17H37BNO5Si2/c1-10(2)25(11(3)4)21-9-14-16(15(20)17(18-19)22-14)23-26(24-25,12(5)6)13(7)8/h10-17,20H,9,19H2,1-8H3/t14-,15?,16-,17+/m0/s1. The second kappa shape index (κ2) is 8.32. The number of aliphatic hydroxyl groups excluding tert-OH is 1. The molecule has 9 heteroatoms. The highest BCUT2D eigenvalue weighted by atomic mass is 28.5. The van der Waals surface area contributed by atoms with Gasteiger partial charge in [0.2, 0.25) is 7.41 Å². The van der Waals surface area contributed by atoms with Crippen molar-refractivity contribution in [2.75, 3.05) is 6.61 Å². The van der Waals surface area contributed by atoms with E-state index in [0.717, 1.165) is 0 Å². The van der Waals surface area contributed by atoms with Crippen LogP contribution in [-0.4, -0.2) is 60.6 Å². The average molecular weight is 402 g/mol. The molecule has 6 nitrogen and oxygen atoms in total. The minimum absolute atomic E-state index is 0.224. The summed E-state index contributed by atoms with van der Waals surface area (Å²) >= 11 is 0. The predicted octanol–water partition coefficient (Wildman–Crippen LogP) is 2.61. The summed E-state index contributed by atoms with van der Waals surface area (Å²) in [6.45, 7) is 17.8. The van der Waals surface area contributed by atoms with Crippen LogP contribution in [0.1, 0.15) is 55.4 Å². The molecule has 0 bridgehead atoms. The van der Waals surface area contributed by atoms with E-state index in [4.69, 9.17) is 23.3 Å². The van der Waals surface area contributed by atoms with Crippen LogP contribution in [0.25, 0.3) is 0 Å². The molecule has 0 aromatic carbocycles. The third-order valence-corrected chi connectivity index (χ3v) is 16.1. The number of ether oxygens (including phenoxy) is 1. The van der Waals surface area contributed by atoms with Gasteiger partial charge in [-0.25, -0.2) is 0 Å². The third kappa shape index (κ3) is 3.74. The largest absolute Gasteiger partial charge is 0.414 e. The number of aliphatic hydroxyl groups is 1. The van der Waals surface area contributed by atoms with Crippen molar-refractivity contribution < 1.29 is 22.8 Å². The maximum absolute atomic E-state index is 10.7. The van der Waals surface area contributed by atoms with Crippen molar-refractivity contribution in [1.82, 2.24) is 0 Å². The van der Waals surface area contributed by atoms with Crippen molar-refractivity contribution >= 4 is 24.5 Å². The molecule has 2 heterocycles. The Labute approximate surface area is 161 Å². The number of hydrogen-bond acceptors (Lipinski definition) is 6. The lowest BCUT2D eigenvalue weighted by Gasteiger charge is -2.51. The molecular formula is C17H37BNO5Si2. The van der Waals surface area contributed by atoms with Crippen LogP contribution in [0.2, 0.25) is 22.2 Å². The molecule has 4 atom stereocenters. The molecule has 26 heavy (non-hydrogen) atoms. The number of nitrogens with two attached hydrogens (primary N) is 1. The summed E-state index contributed by atoms with van der Waals surface area (Å²) in [5.41, 5.74) is 6.70. The summed E-state index contributed by atoms with van der Waals surface area (Å²) in [7, 11) is -3.86. The molecule has 0 amide bonds. The molecule has 0 aromatic rings. The lowest BCUT2D eigenvalue weighted by molar-refractivity contribution is -0.0320. The van der Waals surface area contributed by atoms with Crippen LogP contribution in [-0.2, 0) is 17.7 Å². The van der Waals surface area contributed by atoms with Gasteiger partial charge in [-0.05, 0) is 22.2 Å². The molecule has 2 rings (SSSR count). The Morgan fingerprint density at radius 1 is 0.923 bits per heavy atom. The number of rotatable bonds is 5. The maximum atomic E-state index is 10.7. The monoisotopic (exact) mass is 402 g/mol. The first-order valence-electron chi connectivity index (χ1n) is 9.92. The first kappa shape index (κ1) is 22.5. The Morgan fingerprint density at radius 2 is 1.42 bits per heavy atom. The molecule has 2 aliphatic heterocycles. The van der Waals surface area contributed by atoms with Gasteiger partial charge in [0.15, 0.2) is 0 Å². The molecule has 0 aliphatic carbocycles. The Kier molecular flexibility index (Phi) is 7.22. The van der Waals surface area contributed by atoms with Gasteiger partial charge in [0.25, 0.3) is 0 Å². The number of fused-ring (bicyclic) bond motifs is 1. The van der Waals surface area contributed by atoms with Crippen LogP contribution in [0.15, 0.2) is 0 Å². The zero-order valence-corrected chi connectivity index (χ0v) is 19.6. The summed E-state index contributed by atoms with van der Waals surface area (Å²) in [5.74, 6) is 0. The van der Waals surface area contributed by atoms with Crippen molar-refractivity contribution in [3.8, 4) is 0 Å². The van der Waals surface area contributed by atoms with Gasteiger partial charge < -0.3 is 28.5 Å². The molecule has 151 valence electrons. The molecule has 1 unspecified atom stereocenters.